The van der Waals surface area contributed by atoms with Crippen molar-refractivity contribution < 1.29 is 23.6 Å². The summed E-state index contributed by atoms with van der Waals surface area (Å²) < 4.78 is 13.2. The highest BCUT2D eigenvalue weighted by Crippen LogP contribution is 2.35. The van der Waals surface area contributed by atoms with Crippen LogP contribution in [0.3, 0.4) is 0 Å². The van der Waals surface area contributed by atoms with Crippen LogP contribution in [-0.2, 0) is 25.7 Å². The maximum Gasteiger partial charge on any atom is 0.242 e. The van der Waals surface area contributed by atoms with Crippen LogP contribution >= 0.6 is 0 Å². The number of rotatable bonds is 8. The van der Waals surface area contributed by atoms with Crippen molar-refractivity contribution in [2.75, 3.05) is 13.1 Å². The monoisotopic (exact) mass is 429 g/mol. The van der Waals surface area contributed by atoms with Gasteiger partial charge >= 0.3 is 0 Å². The number of hydrogen-bond donors (Lipinski definition) is 1. The van der Waals surface area contributed by atoms with E-state index in [0.717, 1.165) is 0 Å². The lowest BCUT2D eigenvalue weighted by molar-refractivity contribution is -0.143. The zero-order chi connectivity index (χ0) is 22.5. The van der Waals surface area contributed by atoms with Crippen LogP contribution in [0.2, 0.25) is 0 Å². The summed E-state index contributed by atoms with van der Waals surface area (Å²) in [5.41, 5.74) is 0.677. The van der Waals surface area contributed by atoms with Crippen LogP contribution in [0, 0.1) is 17.7 Å². The second kappa shape index (κ2) is 9.85. The quantitative estimate of drug-likeness (QED) is 0.506. The average molecular weight is 429 g/mol. The summed E-state index contributed by atoms with van der Waals surface area (Å²) in [6, 6.07) is 4.96. The summed E-state index contributed by atoms with van der Waals surface area (Å²) in [4.78, 5) is 53.3. The molecule has 3 rings (SSSR count). The van der Waals surface area contributed by atoms with E-state index in [9.17, 15) is 23.6 Å². The van der Waals surface area contributed by atoms with Crippen molar-refractivity contribution in [1.82, 2.24) is 15.1 Å². The fourth-order valence-electron chi connectivity index (χ4n) is 4.13. The summed E-state index contributed by atoms with van der Waals surface area (Å²) in [5, 5.41) is 2.70. The molecule has 2 aliphatic rings. The molecule has 1 aromatic rings. The minimum atomic E-state index is -0.755. The number of hydrogen-bond acceptors (Lipinski definition) is 4. The molecular formula is C23H28FN3O4. The summed E-state index contributed by atoms with van der Waals surface area (Å²) in [7, 11) is 0. The Kier molecular flexibility index (Phi) is 7.20. The minimum absolute atomic E-state index is 0.00840. The van der Waals surface area contributed by atoms with Crippen molar-refractivity contribution in [3.05, 3.63) is 47.8 Å². The molecule has 0 bridgehead atoms. The molecule has 0 spiro atoms. The molecule has 166 valence electrons. The number of allylic oxidation sites excluding steroid dienone is 2. The fraction of sp³-hybridized carbons (Fsp3) is 0.478. The molecule has 1 aliphatic heterocycles. The third-order valence-corrected chi connectivity index (χ3v) is 5.93. The van der Waals surface area contributed by atoms with Crippen molar-refractivity contribution >= 4 is 23.6 Å². The molecule has 7 nitrogen and oxygen atoms in total. The van der Waals surface area contributed by atoms with Crippen LogP contribution in [0.15, 0.2) is 36.4 Å². The van der Waals surface area contributed by atoms with Crippen LogP contribution in [0.1, 0.15) is 38.7 Å². The normalized spacial score (nSPS) is 21.1. The Morgan fingerprint density at radius 3 is 2.26 bits per heavy atom. The lowest BCUT2D eigenvalue weighted by Gasteiger charge is -2.29. The highest BCUT2D eigenvalue weighted by Gasteiger charge is 2.47. The number of amides is 4. The van der Waals surface area contributed by atoms with Crippen molar-refractivity contribution in [2.24, 2.45) is 11.8 Å². The Morgan fingerprint density at radius 1 is 1.13 bits per heavy atom. The van der Waals surface area contributed by atoms with Crippen molar-refractivity contribution in [3.63, 3.8) is 0 Å². The molecule has 0 unspecified atom stereocenters. The van der Waals surface area contributed by atoms with Crippen LogP contribution in [0.25, 0.3) is 0 Å². The van der Waals surface area contributed by atoms with E-state index in [1.165, 1.54) is 21.9 Å². The number of fused-ring (bicyclic) bond motifs is 1. The van der Waals surface area contributed by atoms with E-state index in [1.807, 2.05) is 12.2 Å². The van der Waals surface area contributed by atoms with E-state index in [4.69, 9.17) is 0 Å². The molecule has 1 N–H and O–H groups in total. The van der Waals surface area contributed by atoms with Crippen molar-refractivity contribution in [2.45, 2.75) is 45.7 Å². The van der Waals surface area contributed by atoms with Crippen LogP contribution in [-0.4, -0.2) is 52.6 Å². The molecule has 1 aromatic carbocycles. The molecule has 0 aromatic heterocycles. The molecular weight excluding hydrogens is 401 g/mol. The first-order valence-corrected chi connectivity index (χ1v) is 10.6. The van der Waals surface area contributed by atoms with E-state index >= 15 is 0 Å². The molecule has 1 fully saturated rings. The Morgan fingerprint density at radius 2 is 1.71 bits per heavy atom. The summed E-state index contributed by atoms with van der Waals surface area (Å²) in [6.07, 6.45) is 4.85. The fourth-order valence-corrected chi connectivity index (χ4v) is 4.13. The lowest BCUT2D eigenvalue weighted by atomic mass is 9.85. The Hall–Kier alpha value is -3.03. The molecule has 8 heteroatoms. The number of benzene rings is 1. The van der Waals surface area contributed by atoms with Crippen molar-refractivity contribution in [3.8, 4) is 0 Å². The summed E-state index contributed by atoms with van der Waals surface area (Å²) in [6.45, 7) is 3.95. The molecule has 4 amide bonds. The molecule has 1 aliphatic carbocycles. The zero-order valence-electron chi connectivity index (χ0n) is 17.8. The zero-order valence-corrected chi connectivity index (χ0v) is 17.8. The van der Waals surface area contributed by atoms with Gasteiger partial charge in [0.05, 0.1) is 11.8 Å². The van der Waals surface area contributed by atoms with Gasteiger partial charge in [-0.05, 0) is 44.4 Å². The van der Waals surface area contributed by atoms with Crippen molar-refractivity contribution in [1.29, 1.82) is 0 Å². The number of likely N-dealkylation sites (N-methyl/N-ethyl adjacent to an activating group) is 1. The standard InChI is InChI=1S/C23H28FN3O4/c1-3-25-21(29)15(2)27(14-16-8-10-17(24)11-9-16)20(28)12-13-26-22(30)18-6-4-5-7-19(18)23(26)31/h4-5,8-11,15,18-19H,3,6-7,12-14H2,1-2H3,(H,25,29)/t15-,18-,19+/m0/s1. The largest absolute Gasteiger partial charge is 0.355 e. The van der Waals surface area contributed by atoms with Gasteiger partial charge in [0.2, 0.25) is 23.6 Å². The minimum Gasteiger partial charge on any atom is -0.355 e. The van der Waals surface area contributed by atoms with E-state index < -0.39 is 6.04 Å². The highest BCUT2D eigenvalue weighted by atomic mass is 19.1. The Balaban J connectivity index is 1.70. The second-order valence-electron chi connectivity index (χ2n) is 7.95. The third kappa shape index (κ3) is 5.00. The first-order valence-electron chi connectivity index (χ1n) is 10.6. The molecule has 1 heterocycles. The maximum absolute atomic E-state index is 13.2. The maximum atomic E-state index is 13.2. The first-order chi connectivity index (χ1) is 14.8. The smallest absolute Gasteiger partial charge is 0.242 e. The summed E-state index contributed by atoms with van der Waals surface area (Å²) >= 11 is 0. The number of halogens is 1. The lowest BCUT2D eigenvalue weighted by Crippen LogP contribution is -2.48. The van der Waals surface area contributed by atoms with Gasteiger partial charge in [-0.25, -0.2) is 4.39 Å². The number of carbonyl (C=O) groups excluding carboxylic acids is 4. The molecule has 1 saturated heterocycles. The van der Waals surface area contributed by atoms with Gasteiger partial charge in [-0.1, -0.05) is 24.3 Å². The number of carbonyl (C=O) groups is 4. The first kappa shape index (κ1) is 22.7. The Labute approximate surface area is 181 Å². The molecule has 0 saturated carbocycles. The van der Waals surface area contributed by atoms with E-state index in [2.05, 4.69) is 5.32 Å². The topological polar surface area (TPSA) is 86.8 Å². The predicted molar refractivity (Wildman–Crippen MR) is 112 cm³/mol. The number of nitrogens with one attached hydrogen (secondary N) is 1. The van der Waals surface area contributed by atoms with Gasteiger partial charge in [0, 0.05) is 26.1 Å². The van der Waals surface area contributed by atoms with Gasteiger partial charge in [-0.3, -0.25) is 24.1 Å². The van der Waals surface area contributed by atoms with Gasteiger partial charge in [-0.15, -0.1) is 0 Å². The van der Waals surface area contributed by atoms with Crippen LogP contribution in [0.4, 0.5) is 4.39 Å². The van der Waals surface area contributed by atoms with E-state index in [0.29, 0.717) is 24.9 Å². The predicted octanol–water partition coefficient (Wildman–Crippen LogP) is 2.02. The van der Waals surface area contributed by atoms with Gasteiger partial charge in [-0.2, -0.15) is 0 Å². The van der Waals surface area contributed by atoms with Gasteiger partial charge < -0.3 is 10.2 Å². The average Bonchev–Trinajstić information content (AvgIpc) is 3.01. The third-order valence-electron chi connectivity index (χ3n) is 5.93. The number of nitrogens with zero attached hydrogens (tertiary/aromatic N) is 2. The number of likely N-dealkylation sites (tertiary alicyclic amines) is 1. The summed E-state index contributed by atoms with van der Waals surface area (Å²) in [5.74, 6) is -2.17. The van der Waals surface area contributed by atoms with Gasteiger partial charge in [0.1, 0.15) is 11.9 Å². The molecule has 0 radical (unpaired) electrons. The van der Waals surface area contributed by atoms with E-state index in [1.54, 1.807) is 26.0 Å². The second-order valence-corrected chi connectivity index (χ2v) is 7.95. The van der Waals surface area contributed by atoms with Crippen LogP contribution < -0.4 is 5.32 Å². The SMILES string of the molecule is CCNC(=O)[C@H](C)N(Cc1ccc(F)cc1)C(=O)CCN1C(=O)[C@H]2CC=CC[C@H]2C1=O. The molecule has 3 atom stereocenters. The highest BCUT2D eigenvalue weighted by molar-refractivity contribution is 6.05. The number of imide groups is 1. The van der Waals surface area contributed by atoms with Crippen LogP contribution in [0.5, 0.6) is 0 Å². The van der Waals surface area contributed by atoms with E-state index in [-0.39, 0.29) is 60.8 Å². The van der Waals surface area contributed by atoms with Gasteiger partial charge in [0.15, 0.2) is 0 Å². The van der Waals surface area contributed by atoms with Gasteiger partial charge in [0.25, 0.3) is 0 Å². The Bertz CT molecular complexity index is 857. The molecule has 31 heavy (non-hydrogen) atoms.